The minimum atomic E-state index is -0.163. The minimum Gasteiger partial charge on any atom is -0.474 e. The van der Waals surface area contributed by atoms with E-state index in [9.17, 15) is 9.59 Å². The minimum absolute atomic E-state index is 0.0769. The number of hydrogen-bond acceptors (Lipinski definition) is 5. The van der Waals surface area contributed by atoms with Crippen molar-refractivity contribution in [2.75, 3.05) is 6.61 Å². The highest BCUT2D eigenvalue weighted by molar-refractivity contribution is 5.79. The number of carbonyl (C=O) groups is 2. The Morgan fingerprint density at radius 3 is 2.67 bits per heavy atom. The van der Waals surface area contributed by atoms with Crippen molar-refractivity contribution < 1.29 is 19.1 Å². The zero-order chi connectivity index (χ0) is 16.9. The first-order valence-corrected chi connectivity index (χ1v) is 8.99. The van der Waals surface area contributed by atoms with Gasteiger partial charge in [0, 0.05) is 31.0 Å². The molecule has 0 amide bonds. The Hall–Kier alpha value is -1.91. The summed E-state index contributed by atoms with van der Waals surface area (Å²) in [5.41, 5.74) is 2.31. The molecule has 130 valence electrons. The van der Waals surface area contributed by atoms with Crippen LogP contribution in [-0.2, 0) is 20.7 Å². The van der Waals surface area contributed by atoms with Crippen LogP contribution in [0.4, 0.5) is 0 Å². The molecule has 3 rings (SSSR count). The summed E-state index contributed by atoms with van der Waals surface area (Å²) in [6.45, 7) is 2.24. The molecule has 2 aliphatic rings. The molecule has 0 atom stereocenters. The van der Waals surface area contributed by atoms with Crippen molar-refractivity contribution >= 4 is 11.8 Å². The van der Waals surface area contributed by atoms with Crippen molar-refractivity contribution in [2.45, 2.75) is 70.3 Å². The molecule has 5 nitrogen and oxygen atoms in total. The highest BCUT2D eigenvalue weighted by Gasteiger charge is 2.31. The number of Topliss-reactive ketones (excluding diaryl/α,β-unsaturated/α-hetero) is 1. The Balaban J connectivity index is 1.70. The van der Waals surface area contributed by atoms with E-state index in [4.69, 9.17) is 9.47 Å². The molecule has 0 saturated heterocycles. The number of nitrogens with zero attached hydrogens (tertiary/aromatic N) is 1. The van der Waals surface area contributed by atoms with E-state index in [1.54, 1.807) is 6.20 Å². The van der Waals surface area contributed by atoms with Crippen molar-refractivity contribution in [3.63, 3.8) is 0 Å². The van der Waals surface area contributed by atoms with E-state index in [0.29, 0.717) is 49.9 Å². The monoisotopic (exact) mass is 331 g/mol. The number of rotatable bonds is 7. The first-order chi connectivity index (χ1) is 11.7. The lowest BCUT2D eigenvalue weighted by Crippen LogP contribution is -2.25. The predicted octanol–water partition coefficient (Wildman–Crippen LogP) is 3.35. The zero-order valence-corrected chi connectivity index (χ0v) is 14.3. The van der Waals surface area contributed by atoms with E-state index in [1.165, 1.54) is 5.56 Å². The Morgan fingerprint density at radius 1 is 1.25 bits per heavy atom. The summed E-state index contributed by atoms with van der Waals surface area (Å²) in [5.74, 6) is 1.37. The average molecular weight is 331 g/mol. The maximum atomic E-state index is 11.6. The fourth-order valence-electron chi connectivity index (χ4n) is 3.27. The van der Waals surface area contributed by atoms with Crippen LogP contribution in [-0.4, -0.2) is 29.4 Å². The van der Waals surface area contributed by atoms with Crippen molar-refractivity contribution in [1.29, 1.82) is 0 Å². The van der Waals surface area contributed by atoms with Gasteiger partial charge in [-0.2, -0.15) is 0 Å². The van der Waals surface area contributed by atoms with Gasteiger partial charge in [0.1, 0.15) is 11.9 Å². The van der Waals surface area contributed by atoms with Gasteiger partial charge < -0.3 is 9.47 Å². The SMILES string of the molecule is CCOC(=O)CCc1ccnc(OC2CCC(=O)CC2)c1C1CC1. The van der Waals surface area contributed by atoms with Gasteiger partial charge in [0.25, 0.3) is 0 Å². The van der Waals surface area contributed by atoms with Crippen LogP contribution in [0.2, 0.25) is 0 Å². The number of hydrogen-bond donors (Lipinski definition) is 0. The van der Waals surface area contributed by atoms with E-state index >= 15 is 0 Å². The first-order valence-electron chi connectivity index (χ1n) is 8.99. The van der Waals surface area contributed by atoms with Gasteiger partial charge in [-0.3, -0.25) is 9.59 Å². The summed E-state index contributed by atoms with van der Waals surface area (Å²) >= 11 is 0. The summed E-state index contributed by atoms with van der Waals surface area (Å²) in [6.07, 6.45) is 7.94. The third-order valence-corrected chi connectivity index (χ3v) is 4.70. The lowest BCUT2D eigenvalue weighted by molar-refractivity contribution is -0.143. The smallest absolute Gasteiger partial charge is 0.306 e. The second-order valence-corrected chi connectivity index (χ2v) is 6.62. The van der Waals surface area contributed by atoms with Crippen LogP contribution < -0.4 is 4.74 Å². The molecule has 1 heterocycles. The molecule has 1 aromatic rings. The number of ether oxygens (including phenoxy) is 2. The zero-order valence-electron chi connectivity index (χ0n) is 14.3. The van der Waals surface area contributed by atoms with E-state index < -0.39 is 0 Å². The summed E-state index contributed by atoms with van der Waals surface area (Å²) in [5, 5.41) is 0. The number of ketones is 1. The van der Waals surface area contributed by atoms with Crippen molar-refractivity contribution in [3.05, 3.63) is 23.4 Å². The van der Waals surface area contributed by atoms with Gasteiger partial charge in [-0.25, -0.2) is 4.98 Å². The molecule has 0 radical (unpaired) electrons. The highest BCUT2D eigenvalue weighted by Crippen LogP contribution is 2.46. The van der Waals surface area contributed by atoms with Crippen molar-refractivity contribution in [3.8, 4) is 5.88 Å². The van der Waals surface area contributed by atoms with E-state index in [0.717, 1.165) is 31.2 Å². The topological polar surface area (TPSA) is 65.5 Å². The highest BCUT2D eigenvalue weighted by atomic mass is 16.5. The van der Waals surface area contributed by atoms with Crippen LogP contribution in [0.1, 0.15) is 68.9 Å². The first kappa shape index (κ1) is 16.9. The summed E-state index contributed by atoms with van der Waals surface area (Å²) in [7, 11) is 0. The van der Waals surface area contributed by atoms with Gasteiger partial charge in [-0.05, 0) is 56.6 Å². The predicted molar refractivity (Wildman–Crippen MR) is 89.1 cm³/mol. The molecule has 0 N–H and O–H groups in total. The second-order valence-electron chi connectivity index (χ2n) is 6.62. The molecular weight excluding hydrogens is 306 g/mol. The molecule has 0 aliphatic heterocycles. The van der Waals surface area contributed by atoms with E-state index in [-0.39, 0.29) is 12.1 Å². The Labute approximate surface area is 142 Å². The maximum Gasteiger partial charge on any atom is 0.306 e. The van der Waals surface area contributed by atoms with Crippen LogP contribution in [0, 0.1) is 0 Å². The number of aryl methyl sites for hydroxylation is 1. The fourth-order valence-corrected chi connectivity index (χ4v) is 3.27. The molecule has 0 bridgehead atoms. The van der Waals surface area contributed by atoms with Crippen molar-refractivity contribution in [1.82, 2.24) is 4.98 Å². The van der Waals surface area contributed by atoms with Gasteiger partial charge in [0.15, 0.2) is 0 Å². The molecule has 24 heavy (non-hydrogen) atoms. The lowest BCUT2D eigenvalue weighted by Gasteiger charge is -2.24. The van der Waals surface area contributed by atoms with E-state index in [1.807, 2.05) is 13.0 Å². The second kappa shape index (κ2) is 7.77. The Morgan fingerprint density at radius 2 is 2.00 bits per heavy atom. The molecule has 1 aromatic heterocycles. The van der Waals surface area contributed by atoms with Crippen LogP contribution in [0.3, 0.4) is 0 Å². The van der Waals surface area contributed by atoms with Gasteiger partial charge in [0.05, 0.1) is 6.61 Å². The molecule has 2 aliphatic carbocycles. The summed E-state index contributed by atoms with van der Waals surface area (Å²) in [6, 6.07) is 1.99. The van der Waals surface area contributed by atoms with Gasteiger partial charge in [0.2, 0.25) is 5.88 Å². The Kier molecular flexibility index (Phi) is 5.48. The molecule has 0 unspecified atom stereocenters. The van der Waals surface area contributed by atoms with Gasteiger partial charge >= 0.3 is 5.97 Å². The average Bonchev–Trinajstić information content (AvgIpc) is 3.40. The third kappa shape index (κ3) is 4.34. The molecule has 0 aromatic carbocycles. The Bertz CT molecular complexity index is 599. The summed E-state index contributed by atoms with van der Waals surface area (Å²) in [4.78, 5) is 27.5. The molecule has 5 heteroatoms. The molecule has 0 spiro atoms. The largest absolute Gasteiger partial charge is 0.474 e. The fraction of sp³-hybridized carbons (Fsp3) is 0.632. The molecule has 2 saturated carbocycles. The number of carbonyl (C=O) groups excluding carboxylic acids is 2. The van der Waals surface area contributed by atoms with Crippen LogP contribution in [0.5, 0.6) is 5.88 Å². The van der Waals surface area contributed by atoms with Crippen LogP contribution in [0.15, 0.2) is 12.3 Å². The lowest BCUT2D eigenvalue weighted by atomic mass is 9.96. The summed E-state index contributed by atoms with van der Waals surface area (Å²) < 4.78 is 11.2. The number of aromatic nitrogens is 1. The van der Waals surface area contributed by atoms with Crippen LogP contribution in [0.25, 0.3) is 0 Å². The normalized spacial score (nSPS) is 18.5. The standard InChI is InChI=1S/C19H25NO4/c1-2-23-17(22)10-5-14-11-12-20-19(18(14)13-3-4-13)24-16-8-6-15(21)7-9-16/h11-13,16H,2-10H2,1H3. The van der Waals surface area contributed by atoms with Crippen molar-refractivity contribution in [2.24, 2.45) is 0 Å². The van der Waals surface area contributed by atoms with Gasteiger partial charge in [-0.1, -0.05) is 0 Å². The third-order valence-electron chi connectivity index (χ3n) is 4.70. The van der Waals surface area contributed by atoms with Gasteiger partial charge in [-0.15, -0.1) is 0 Å². The molecule has 2 fully saturated rings. The quantitative estimate of drug-likeness (QED) is 0.717. The number of pyridine rings is 1. The number of esters is 1. The maximum absolute atomic E-state index is 11.6. The van der Waals surface area contributed by atoms with E-state index in [2.05, 4.69) is 4.98 Å². The van der Waals surface area contributed by atoms with Crippen LogP contribution >= 0.6 is 0 Å². The molecular formula is C19H25NO4.